The van der Waals surface area contributed by atoms with Crippen LogP contribution in [-0.2, 0) is 6.54 Å². The molecular formula is C7H15N5S. The lowest BCUT2D eigenvalue weighted by molar-refractivity contribution is 0.324. The fourth-order valence-electron chi connectivity index (χ4n) is 1.14. The molecule has 0 aliphatic heterocycles. The minimum Gasteiger partial charge on any atom is -0.313 e. The van der Waals surface area contributed by atoms with Gasteiger partial charge in [-0.1, -0.05) is 11.4 Å². The van der Waals surface area contributed by atoms with Crippen molar-refractivity contribution in [2.75, 3.05) is 19.0 Å². The van der Waals surface area contributed by atoms with Crippen molar-refractivity contribution in [2.24, 2.45) is 5.84 Å². The van der Waals surface area contributed by atoms with Crippen molar-refractivity contribution < 1.29 is 0 Å². The fraction of sp³-hybridized carbons (Fsp3) is 0.714. The van der Waals surface area contributed by atoms with Crippen LogP contribution in [0, 0.1) is 0 Å². The van der Waals surface area contributed by atoms with E-state index >= 15 is 0 Å². The minimum absolute atomic E-state index is 0.796. The maximum atomic E-state index is 5.31. The maximum Gasteiger partial charge on any atom is 0.148 e. The van der Waals surface area contributed by atoms with Crippen molar-refractivity contribution in [1.82, 2.24) is 14.5 Å². The van der Waals surface area contributed by atoms with Crippen LogP contribution in [0.15, 0.2) is 0 Å². The summed E-state index contributed by atoms with van der Waals surface area (Å²) in [4.78, 5) is 2.19. The third kappa shape index (κ3) is 2.91. The van der Waals surface area contributed by atoms with Crippen molar-refractivity contribution >= 4 is 16.5 Å². The number of hydrogen-bond acceptors (Lipinski definition) is 6. The zero-order valence-corrected chi connectivity index (χ0v) is 8.77. The Morgan fingerprint density at radius 3 is 3.00 bits per heavy atom. The molecule has 0 bridgehead atoms. The Labute approximate surface area is 82.1 Å². The first kappa shape index (κ1) is 10.4. The summed E-state index contributed by atoms with van der Waals surface area (Å²) >= 11 is 1.29. The SMILES string of the molecule is CCCN(C)Cc1nnsc1NN. The van der Waals surface area contributed by atoms with E-state index in [9.17, 15) is 0 Å². The molecule has 1 rings (SSSR count). The Hall–Kier alpha value is -0.720. The second-order valence-corrected chi connectivity index (χ2v) is 3.68. The number of anilines is 1. The molecule has 13 heavy (non-hydrogen) atoms. The Kier molecular flexibility index (Phi) is 4.07. The standard InChI is InChI=1S/C7H15N5S/c1-3-4-12(2)5-6-7(9-8)13-11-10-6/h9H,3-5,8H2,1-2H3. The van der Waals surface area contributed by atoms with Crippen LogP contribution in [0.2, 0.25) is 0 Å². The van der Waals surface area contributed by atoms with E-state index < -0.39 is 0 Å². The predicted octanol–water partition coefficient (Wildman–Crippen LogP) is 0.666. The summed E-state index contributed by atoms with van der Waals surface area (Å²) in [6.45, 7) is 4.00. The molecule has 0 fully saturated rings. The fourth-order valence-corrected chi connectivity index (χ4v) is 1.62. The first-order chi connectivity index (χ1) is 6.27. The van der Waals surface area contributed by atoms with E-state index in [-0.39, 0.29) is 0 Å². The summed E-state index contributed by atoms with van der Waals surface area (Å²) in [5, 5.41) is 4.84. The van der Waals surface area contributed by atoms with Crippen molar-refractivity contribution in [1.29, 1.82) is 0 Å². The summed E-state index contributed by atoms with van der Waals surface area (Å²) in [6.07, 6.45) is 1.14. The number of hydrazine groups is 1. The number of hydrogen-bond donors (Lipinski definition) is 2. The van der Waals surface area contributed by atoms with Gasteiger partial charge in [-0.25, -0.2) is 5.84 Å². The van der Waals surface area contributed by atoms with Crippen molar-refractivity contribution in [2.45, 2.75) is 19.9 Å². The average molecular weight is 201 g/mol. The summed E-state index contributed by atoms with van der Waals surface area (Å²) in [6, 6.07) is 0. The van der Waals surface area contributed by atoms with Crippen molar-refractivity contribution in [3.8, 4) is 0 Å². The van der Waals surface area contributed by atoms with E-state index in [1.54, 1.807) is 0 Å². The van der Waals surface area contributed by atoms with Gasteiger partial charge in [-0.15, -0.1) is 5.10 Å². The molecule has 0 spiro atoms. The van der Waals surface area contributed by atoms with Crippen LogP contribution in [0.5, 0.6) is 0 Å². The van der Waals surface area contributed by atoms with Gasteiger partial charge in [0.2, 0.25) is 0 Å². The number of nitrogen functional groups attached to an aromatic ring is 1. The molecule has 0 aliphatic rings. The Balaban J connectivity index is 2.52. The van der Waals surface area contributed by atoms with Crippen LogP contribution in [0.4, 0.5) is 5.00 Å². The highest BCUT2D eigenvalue weighted by Gasteiger charge is 2.08. The van der Waals surface area contributed by atoms with E-state index in [1.807, 2.05) is 0 Å². The molecule has 5 nitrogen and oxygen atoms in total. The molecule has 0 aromatic carbocycles. The average Bonchev–Trinajstić information content (AvgIpc) is 2.52. The summed E-state index contributed by atoms with van der Waals surface area (Å²) in [7, 11) is 2.06. The molecule has 0 amide bonds. The lowest BCUT2D eigenvalue weighted by atomic mass is 10.4. The first-order valence-corrected chi connectivity index (χ1v) is 5.01. The summed E-state index contributed by atoms with van der Waals surface area (Å²) < 4.78 is 3.83. The van der Waals surface area contributed by atoms with Gasteiger partial charge in [0.25, 0.3) is 0 Å². The van der Waals surface area contributed by atoms with Gasteiger partial charge in [0.15, 0.2) is 0 Å². The van der Waals surface area contributed by atoms with E-state index in [1.165, 1.54) is 11.5 Å². The number of nitrogens with two attached hydrogens (primary N) is 1. The predicted molar refractivity (Wildman–Crippen MR) is 54.3 cm³/mol. The molecular weight excluding hydrogens is 186 g/mol. The monoisotopic (exact) mass is 201 g/mol. The van der Waals surface area contributed by atoms with Crippen LogP contribution in [0.1, 0.15) is 19.0 Å². The van der Waals surface area contributed by atoms with Crippen LogP contribution in [0.3, 0.4) is 0 Å². The van der Waals surface area contributed by atoms with Gasteiger partial charge in [-0.05, 0) is 20.0 Å². The van der Waals surface area contributed by atoms with Crippen LogP contribution < -0.4 is 11.3 Å². The van der Waals surface area contributed by atoms with Crippen LogP contribution in [-0.4, -0.2) is 28.1 Å². The molecule has 0 saturated carbocycles. The second-order valence-electron chi connectivity index (χ2n) is 2.93. The molecule has 0 atom stereocenters. The van der Waals surface area contributed by atoms with E-state index in [0.29, 0.717) is 0 Å². The topological polar surface area (TPSA) is 67.1 Å². The van der Waals surface area contributed by atoms with Gasteiger partial charge in [-0.2, -0.15) is 0 Å². The molecule has 0 radical (unpaired) electrons. The zero-order chi connectivity index (χ0) is 9.68. The maximum absolute atomic E-state index is 5.31. The Morgan fingerprint density at radius 1 is 1.62 bits per heavy atom. The van der Waals surface area contributed by atoms with Crippen molar-refractivity contribution in [3.63, 3.8) is 0 Å². The highest BCUT2D eigenvalue weighted by Crippen LogP contribution is 2.16. The van der Waals surface area contributed by atoms with Gasteiger partial charge in [0.1, 0.15) is 10.7 Å². The number of rotatable bonds is 5. The second kappa shape index (κ2) is 5.11. The molecule has 1 heterocycles. The summed E-state index contributed by atoms with van der Waals surface area (Å²) in [5.74, 6) is 5.31. The number of nitrogens with one attached hydrogen (secondary N) is 1. The highest BCUT2D eigenvalue weighted by atomic mass is 32.1. The van der Waals surface area contributed by atoms with Crippen LogP contribution >= 0.6 is 11.5 Å². The lowest BCUT2D eigenvalue weighted by Gasteiger charge is -2.13. The lowest BCUT2D eigenvalue weighted by Crippen LogP contribution is -2.20. The molecule has 1 aromatic heterocycles. The van der Waals surface area contributed by atoms with Crippen LogP contribution in [0.25, 0.3) is 0 Å². The van der Waals surface area contributed by atoms with Gasteiger partial charge < -0.3 is 10.3 Å². The minimum atomic E-state index is 0.796. The molecule has 0 unspecified atom stereocenters. The van der Waals surface area contributed by atoms with Gasteiger partial charge in [0.05, 0.1) is 0 Å². The Morgan fingerprint density at radius 2 is 2.38 bits per heavy atom. The van der Waals surface area contributed by atoms with Gasteiger partial charge in [0, 0.05) is 18.1 Å². The number of nitrogens with zero attached hydrogens (tertiary/aromatic N) is 3. The Bertz CT molecular complexity index is 249. The molecule has 3 N–H and O–H groups in total. The van der Waals surface area contributed by atoms with Crippen molar-refractivity contribution in [3.05, 3.63) is 5.69 Å². The highest BCUT2D eigenvalue weighted by molar-refractivity contribution is 7.10. The largest absolute Gasteiger partial charge is 0.313 e. The van der Waals surface area contributed by atoms with Gasteiger partial charge >= 0.3 is 0 Å². The van der Waals surface area contributed by atoms with E-state index in [0.717, 1.165) is 30.2 Å². The smallest absolute Gasteiger partial charge is 0.148 e. The molecule has 6 heteroatoms. The molecule has 74 valence electrons. The first-order valence-electron chi connectivity index (χ1n) is 4.24. The van der Waals surface area contributed by atoms with Gasteiger partial charge in [-0.3, -0.25) is 0 Å². The zero-order valence-electron chi connectivity index (χ0n) is 7.95. The molecule has 1 aromatic rings. The normalized spacial score (nSPS) is 10.8. The number of aromatic nitrogens is 2. The third-order valence-corrected chi connectivity index (χ3v) is 2.41. The summed E-state index contributed by atoms with van der Waals surface area (Å²) in [5.41, 5.74) is 3.51. The molecule has 0 aliphatic carbocycles. The third-order valence-electron chi connectivity index (χ3n) is 1.71. The molecule has 0 saturated heterocycles. The van der Waals surface area contributed by atoms with E-state index in [2.05, 4.69) is 33.9 Å². The quantitative estimate of drug-likeness (QED) is 0.541. The van der Waals surface area contributed by atoms with E-state index in [4.69, 9.17) is 5.84 Å².